The summed E-state index contributed by atoms with van der Waals surface area (Å²) in [7, 11) is 0. The number of rotatable bonds is 4. The summed E-state index contributed by atoms with van der Waals surface area (Å²) in [6.45, 7) is 2.03. The predicted octanol–water partition coefficient (Wildman–Crippen LogP) is 2.45. The molecule has 0 spiro atoms. The molecule has 0 radical (unpaired) electrons. The Morgan fingerprint density at radius 3 is 2.79 bits per heavy atom. The van der Waals surface area contributed by atoms with Gasteiger partial charge in [-0.15, -0.1) is 0 Å². The van der Waals surface area contributed by atoms with E-state index < -0.39 is 11.7 Å². The summed E-state index contributed by atoms with van der Waals surface area (Å²) in [4.78, 5) is 7.79. The van der Waals surface area contributed by atoms with Crippen LogP contribution in [0.3, 0.4) is 0 Å². The van der Waals surface area contributed by atoms with E-state index in [-0.39, 0.29) is 5.82 Å². The first-order valence-electron chi connectivity index (χ1n) is 5.51. The van der Waals surface area contributed by atoms with E-state index in [0.717, 1.165) is 18.3 Å². The van der Waals surface area contributed by atoms with Crippen molar-refractivity contribution in [2.75, 3.05) is 11.9 Å². The van der Waals surface area contributed by atoms with Crippen molar-refractivity contribution in [1.82, 2.24) is 15.1 Å². The highest BCUT2D eigenvalue weighted by atomic mass is 19.4. The molecule has 19 heavy (non-hydrogen) atoms. The van der Waals surface area contributed by atoms with Crippen LogP contribution in [-0.4, -0.2) is 21.7 Å². The van der Waals surface area contributed by atoms with Gasteiger partial charge >= 0.3 is 6.18 Å². The molecule has 0 saturated heterocycles. The number of alkyl halides is 3. The third-order valence-electron chi connectivity index (χ3n) is 2.31. The minimum Gasteiger partial charge on any atom is -0.370 e. The van der Waals surface area contributed by atoms with Crippen molar-refractivity contribution < 1.29 is 17.7 Å². The second-order valence-corrected chi connectivity index (χ2v) is 3.83. The minimum absolute atomic E-state index is 0.162. The summed E-state index contributed by atoms with van der Waals surface area (Å²) in [5.74, 6) is 1.11. The Morgan fingerprint density at radius 1 is 1.37 bits per heavy atom. The van der Waals surface area contributed by atoms with E-state index in [1.807, 2.05) is 0 Å². The average molecular weight is 272 g/mol. The normalized spacial score (nSPS) is 11.6. The van der Waals surface area contributed by atoms with Crippen LogP contribution in [0.15, 0.2) is 22.9 Å². The number of hydrogen-bond acceptors (Lipinski definition) is 5. The lowest BCUT2D eigenvalue weighted by Crippen LogP contribution is -2.10. The Kier molecular flexibility index (Phi) is 3.68. The van der Waals surface area contributed by atoms with Gasteiger partial charge in [0.2, 0.25) is 5.89 Å². The number of pyridine rings is 1. The number of nitrogens with zero attached hydrogens (tertiary/aromatic N) is 3. The van der Waals surface area contributed by atoms with Crippen molar-refractivity contribution in [2.24, 2.45) is 0 Å². The van der Waals surface area contributed by atoms with Crippen LogP contribution >= 0.6 is 0 Å². The van der Waals surface area contributed by atoms with Gasteiger partial charge in [0.25, 0.3) is 0 Å². The zero-order valence-corrected chi connectivity index (χ0v) is 10.0. The SMILES string of the molecule is Cc1nc(CCNc2cc(C(F)(F)F)ccn2)no1. The highest BCUT2D eigenvalue weighted by Gasteiger charge is 2.30. The van der Waals surface area contributed by atoms with Gasteiger partial charge in [0.05, 0.1) is 5.56 Å². The van der Waals surface area contributed by atoms with Gasteiger partial charge < -0.3 is 9.84 Å². The van der Waals surface area contributed by atoms with E-state index in [0.29, 0.717) is 24.7 Å². The van der Waals surface area contributed by atoms with Crippen LogP contribution in [0.4, 0.5) is 19.0 Å². The number of anilines is 1. The molecule has 0 atom stereocenters. The Morgan fingerprint density at radius 2 is 2.16 bits per heavy atom. The van der Waals surface area contributed by atoms with Crippen LogP contribution < -0.4 is 5.32 Å². The summed E-state index contributed by atoms with van der Waals surface area (Å²) < 4.78 is 42.2. The number of aryl methyl sites for hydroxylation is 1. The molecule has 2 heterocycles. The molecular weight excluding hydrogens is 261 g/mol. The maximum Gasteiger partial charge on any atom is 0.416 e. The predicted molar refractivity (Wildman–Crippen MR) is 60.5 cm³/mol. The molecule has 2 aromatic rings. The smallest absolute Gasteiger partial charge is 0.370 e. The van der Waals surface area contributed by atoms with Crippen LogP contribution in [0, 0.1) is 6.92 Å². The van der Waals surface area contributed by atoms with E-state index in [1.54, 1.807) is 6.92 Å². The van der Waals surface area contributed by atoms with Crippen molar-refractivity contribution in [3.8, 4) is 0 Å². The van der Waals surface area contributed by atoms with Gasteiger partial charge in [-0.3, -0.25) is 0 Å². The van der Waals surface area contributed by atoms with Gasteiger partial charge in [-0.2, -0.15) is 18.2 Å². The maximum atomic E-state index is 12.5. The van der Waals surface area contributed by atoms with E-state index in [4.69, 9.17) is 4.52 Å². The second-order valence-electron chi connectivity index (χ2n) is 3.83. The molecule has 0 aliphatic heterocycles. The number of hydrogen-bond donors (Lipinski definition) is 1. The first-order chi connectivity index (χ1) is 8.95. The average Bonchev–Trinajstić information content (AvgIpc) is 2.74. The van der Waals surface area contributed by atoms with Gasteiger partial charge in [0.15, 0.2) is 5.82 Å². The fourth-order valence-electron chi connectivity index (χ4n) is 1.45. The molecule has 5 nitrogen and oxygen atoms in total. The van der Waals surface area contributed by atoms with Crippen molar-refractivity contribution in [3.63, 3.8) is 0 Å². The molecule has 0 fully saturated rings. The number of halogens is 3. The quantitative estimate of drug-likeness (QED) is 0.926. The minimum atomic E-state index is -4.37. The first-order valence-corrected chi connectivity index (χ1v) is 5.51. The lowest BCUT2D eigenvalue weighted by Gasteiger charge is -2.08. The van der Waals surface area contributed by atoms with Crippen molar-refractivity contribution in [2.45, 2.75) is 19.5 Å². The molecule has 0 aromatic carbocycles. The fourth-order valence-corrected chi connectivity index (χ4v) is 1.45. The number of aromatic nitrogens is 3. The van der Waals surface area contributed by atoms with Gasteiger partial charge in [0.1, 0.15) is 5.82 Å². The van der Waals surface area contributed by atoms with Crippen LogP contribution in [-0.2, 0) is 12.6 Å². The summed E-state index contributed by atoms with van der Waals surface area (Å²) in [6.07, 6.45) is -2.82. The molecule has 1 N–H and O–H groups in total. The van der Waals surface area contributed by atoms with Crippen LogP contribution in [0.5, 0.6) is 0 Å². The van der Waals surface area contributed by atoms with Gasteiger partial charge in [-0.05, 0) is 12.1 Å². The van der Waals surface area contributed by atoms with E-state index >= 15 is 0 Å². The molecule has 0 aliphatic rings. The molecule has 0 saturated carbocycles. The lowest BCUT2D eigenvalue weighted by atomic mass is 10.2. The van der Waals surface area contributed by atoms with E-state index in [9.17, 15) is 13.2 Å². The molecular formula is C11H11F3N4O. The van der Waals surface area contributed by atoms with Crippen LogP contribution in [0.1, 0.15) is 17.3 Å². The van der Waals surface area contributed by atoms with Crippen LogP contribution in [0.2, 0.25) is 0 Å². The van der Waals surface area contributed by atoms with Crippen molar-refractivity contribution >= 4 is 5.82 Å². The summed E-state index contributed by atoms with van der Waals surface area (Å²) >= 11 is 0. The first kappa shape index (κ1) is 13.3. The standard InChI is InChI=1S/C11H11F3N4O/c1-7-17-9(18-19-7)3-5-16-10-6-8(2-4-15-10)11(12,13)14/h2,4,6H,3,5H2,1H3,(H,15,16). The molecule has 0 amide bonds. The lowest BCUT2D eigenvalue weighted by molar-refractivity contribution is -0.137. The molecule has 0 aliphatic carbocycles. The van der Waals surface area contributed by atoms with Crippen LogP contribution in [0.25, 0.3) is 0 Å². The Hall–Kier alpha value is -2.12. The second kappa shape index (κ2) is 5.25. The Balaban J connectivity index is 1.93. The topological polar surface area (TPSA) is 63.8 Å². The largest absolute Gasteiger partial charge is 0.416 e. The summed E-state index contributed by atoms with van der Waals surface area (Å²) in [6, 6.07) is 1.88. The zero-order chi connectivity index (χ0) is 13.9. The third kappa shape index (κ3) is 3.67. The maximum absolute atomic E-state index is 12.5. The summed E-state index contributed by atoms with van der Waals surface area (Å²) in [5.41, 5.74) is -0.736. The van der Waals surface area contributed by atoms with Crippen molar-refractivity contribution in [3.05, 3.63) is 35.6 Å². The van der Waals surface area contributed by atoms with Gasteiger partial charge in [0, 0.05) is 26.1 Å². The molecule has 8 heteroatoms. The third-order valence-corrected chi connectivity index (χ3v) is 2.31. The number of nitrogens with one attached hydrogen (secondary N) is 1. The molecule has 2 aromatic heterocycles. The van der Waals surface area contributed by atoms with E-state index in [2.05, 4.69) is 20.4 Å². The molecule has 0 unspecified atom stereocenters. The Bertz CT molecular complexity index is 553. The molecule has 2 rings (SSSR count). The monoisotopic (exact) mass is 272 g/mol. The van der Waals surface area contributed by atoms with Crippen molar-refractivity contribution in [1.29, 1.82) is 0 Å². The Labute approximate surface area is 106 Å². The zero-order valence-electron chi connectivity index (χ0n) is 10.0. The molecule has 0 bridgehead atoms. The highest BCUT2D eigenvalue weighted by Crippen LogP contribution is 2.29. The highest BCUT2D eigenvalue weighted by molar-refractivity contribution is 5.38. The molecule has 102 valence electrons. The fraction of sp³-hybridized carbons (Fsp3) is 0.364. The van der Waals surface area contributed by atoms with E-state index in [1.165, 1.54) is 0 Å². The van der Waals surface area contributed by atoms with Gasteiger partial charge in [-0.1, -0.05) is 5.16 Å². The van der Waals surface area contributed by atoms with Gasteiger partial charge in [-0.25, -0.2) is 4.98 Å². The summed E-state index contributed by atoms with van der Waals surface area (Å²) in [5, 5.41) is 6.46.